The van der Waals surface area contributed by atoms with Gasteiger partial charge in [-0.15, -0.1) is 0 Å². The molecule has 0 bridgehead atoms. The van der Waals surface area contributed by atoms with Crippen LogP contribution in [0, 0.1) is 11.8 Å². The fourth-order valence-electron chi connectivity index (χ4n) is 3.14. The largest absolute Gasteiger partial charge is 0.508 e. The number of hydrogen-bond acceptors (Lipinski definition) is 4. The van der Waals surface area contributed by atoms with Crippen LogP contribution >= 0.6 is 0 Å². The predicted octanol–water partition coefficient (Wildman–Crippen LogP) is 1.74. The van der Waals surface area contributed by atoms with Gasteiger partial charge < -0.3 is 10.4 Å². The first kappa shape index (κ1) is 14.9. The van der Waals surface area contributed by atoms with Crippen molar-refractivity contribution in [3.05, 3.63) is 29.8 Å². The molecule has 2 unspecified atom stereocenters. The average Bonchev–Trinajstić information content (AvgIpc) is 3.20. The molecule has 1 saturated heterocycles. The molecule has 2 fully saturated rings. The molecule has 0 amide bonds. The summed E-state index contributed by atoms with van der Waals surface area (Å²) >= 11 is 0. The van der Waals surface area contributed by atoms with Gasteiger partial charge in [0.25, 0.3) is 0 Å². The standard InChI is InChI=1S/C16H23NO3S/c18-16-5-1-12(2-6-16)9-14(10-17-15-3-4-15)13-7-8-21(19,20)11-13/h1-2,5-6,13-15,17-18H,3-4,7-11H2. The van der Waals surface area contributed by atoms with Crippen LogP contribution in [0.3, 0.4) is 0 Å². The molecule has 2 aliphatic rings. The molecule has 5 heteroatoms. The van der Waals surface area contributed by atoms with E-state index in [4.69, 9.17) is 0 Å². The maximum absolute atomic E-state index is 11.7. The Morgan fingerprint density at radius 1 is 1.19 bits per heavy atom. The van der Waals surface area contributed by atoms with Crippen molar-refractivity contribution in [2.45, 2.75) is 31.7 Å². The zero-order valence-corrected chi connectivity index (χ0v) is 13.0. The Labute approximate surface area is 126 Å². The Bertz CT molecular complexity index is 578. The minimum atomic E-state index is -2.83. The van der Waals surface area contributed by atoms with Gasteiger partial charge in [0.2, 0.25) is 0 Å². The molecule has 1 aromatic carbocycles. The average molecular weight is 309 g/mol. The number of hydrogen-bond donors (Lipinski definition) is 2. The van der Waals surface area contributed by atoms with Gasteiger partial charge in [-0.3, -0.25) is 0 Å². The summed E-state index contributed by atoms with van der Waals surface area (Å²) in [6.45, 7) is 0.895. The normalized spacial score (nSPS) is 25.8. The van der Waals surface area contributed by atoms with Crippen LogP contribution in [0.4, 0.5) is 0 Å². The van der Waals surface area contributed by atoms with Crippen molar-refractivity contribution in [2.24, 2.45) is 11.8 Å². The molecule has 1 heterocycles. The first-order valence-corrected chi connectivity index (χ1v) is 9.56. The second kappa shape index (κ2) is 5.97. The van der Waals surface area contributed by atoms with Crippen molar-refractivity contribution in [1.82, 2.24) is 5.32 Å². The quantitative estimate of drug-likeness (QED) is 0.840. The van der Waals surface area contributed by atoms with Gasteiger partial charge in [0, 0.05) is 6.04 Å². The number of sulfone groups is 1. The summed E-state index contributed by atoms with van der Waals surface area (Å²) in [5.41, 5.74) is 1.17. The first-order chi connectivity index (χ1) is 10.0. The maximum atomic E-state index is 11.7. The third-order valence-electron chi connectivity index (χ3n) is 4.61. The van der Waals surface area contributed by atoms with E-state index in [1.807, 2.05) is 12.1 Å². The lowest BCUT2D eigenvalue weighted by atomic mass is 9.86. The lowest BCUT2D eigenvalue weighted by Gasteiger charge is -2.23. The van der Waals surface area contributed by atoms with E-state index in [9.17, 15) is 13.5 Å². The van der Waals surface area contributed by atoms with Crippen LogP contribution in [0.25, 0.3) is 0 Å². The monoisotopic (exact) mass is 309 g/mol. The van der Waals surface area contributed by atoms with Gasteiger partial charge in [0.1, 0.15) is 5.75 Å². The molecule has 2 atom stereocenters. The van der Waals surface area contributed by atoms with Gasteiger partial charge in [-0.2, -0.15) is 0 Å². The summed E-state index contributed by atoms with van der Waals surface area (Å²) in [5.74, 6) is 1.56. The molecule has 1 aliphatic carbocycles. The van der Waals surface area contributed by atoms with Crippen LogP contribution in [-0.2, 0) is 16.3 Å². The minimum absolute atomic E-state index is 0.259. The first-order valence-electron chi connectivity index (χ1n) is 7.73. The number of benzene rings is 1. The molecule has 4 nitrogen and oxygen atoms in total. The summed E-state index contributed by atoms with van der Waals surface area (Å²) in [6, 6.07) is 7.91. The predicted molar refractivity (Wildman–Crippen MR) is 83.1 cm³/mol. The van der Waals surface area contributed by atoms with Crippen LogP contribution in [-0.4, -0.2) is 37.6 Å². The smallest absolute Gasteiger partial charge is 0.150 e. The third-order valence-corrected chi connectivity index (χ3v) is 6.41. The summed E-state index contributed by atoms with van der Waals surface area (Å²) in [5, 5.41) is 12.9. The fourth-order valence-corrected chi connectivity index (χ4v) is 5.06. The van der Waals surface area contributed by atoms with Gasteiger partial charge in [-0.25, -0.2) is 8.42 Å². The van der Waals surface area contributed by atoms with Crippen LogP contribution in [0.1, 0.15) is 24.8 Å². The SMILES string of the molecule is O=S1(=O)CCC(C(CNC2CC2)Cc2ccc(O)cc2)C1. The lowest BCUT2D eigenvalue weighted by molar-refractivity contribution is 0.342. The van der Waals surface area contributed by atoms with Crippen molar-refractivity contribution in [1.29, 1.82) is 0 Å². The van der Waals surface area contributed by atoms with E-state index in [1.165, 1.54) is 18.4 Å². The van der Waals surface area contributed by atoms with Crippen molar-refractivity contribution in [3.8, 4) is 5.75 Å². The zero-order chi connectivity index (χ0) is 14.9. The van der Waals surface area contributed by atoms with E-state index in [1.54, 1.807) is 12.1 Å². The zero-order valence-electron chi connectivity index (χ0n) is 12.2. The van der Waals surface area contributed by atoms with Gasteiger partial charge in [-0.1, -0.05) is 12.1 Å². The minimum Gasteiger partial charge on any atom is -0.508 e. The highest BCUT2D eigenvalue weighted by molar-refractivity contribution is 7.91. The Balaban J connectivity index is 1.67. The molecule has 116 valence electrons. The molecular weight excluding hydrogens is 286 g/mol. The second-order valence-corrected chi connectivity index (χ2v) is 8.71. The summed E-state index contributed by atoms with van der Waals surface area (Å²) in [4.78, 5) is 0. The van der Waals surface area contributed by atoms with Crippen LogP contribution in [0.5, 0.6) is 5.75 Å². The molecule has 2 N–H and O–H groups in total. The lowest BCUT2D eigenvalue weighted by Crippen LogP contribution is -2.31. The molecular formula is C16H23NO3S. The number of phenols is 1. The van der Waals surface area contributed by atoms with E-state index < -0.39 is 9.84 Å². The maximum Gasteiger partial charge on any atom is 0.150 e. The number of aromatic hydroxyl groups is 1. The van der Waals surface area contributed by atoms with E-state index in [0.717, 1.165) is 19.4 Å². The Morgan fingerprint density at radius 2 is 1.90 bits per heavy atom. The van der Waals surface area contributed by atoms with Gasteiger partial charge in [-0.05, 0) is 61.8 Å². The van der Waals surface area contributed by atoms with Crippen molar-refractivity contribution in [3.63, 3.8) is 0 Å². The molecule has 1 saturated carbocycles. The molecule has 21 heavy (non-hydrogen) atoms. The topological polar surface area (TPSA) is 66.4 Å². The Morgan fingerprint density at radius 3 is 2.48 bits per heavy atom. The molecule has 0 spiro atoms. The highest BCUT2D eigenvalue weighted by atomic mass is 32.2. The van der Waals surface area contributed by atoms with Gasteiger partial charge in [0.05, 0.1) is 11.5 Å². The van der Waals surface area contributed by atoms with E-state index in [-0.39, 0.29) is 11.7 Å². The second-order valence-electron chi connectivity index (χ2n) is 6.48. The summed E-state index contributed by atoms with van der Waals surface area (Å²) in [6.07, 6.45) is 4.15. The number of phenolic OH excluding ortho intramolecular Hbond substituents is 1. The van der Waals surface area contributed by atoms with Crippen molar-refractivity contribution < 1.29 is 13.5 Å². The van der Waals surface area contributed by atoms with Crippen molar-refractivity contribution in [2.75, 3.05) is 18.1 Å². The highest BCUT2D eigenvalue weighted by Crippen LogP contribution is 2.30. The van der Waals surface area contributed by atoms with Gasteiger partial charge in [0.15, 0.2) is 9.84 Å². The molecule has 0 radical (unpaired) electrons. The van der Waals surface area contributed by atoms with Crippen LogP contribution < -0.4 is 5.32 Å². The Hall–Kier alpha value is -1.07. The number of rotatable bonds is 6. The molecule has 1 aromatic rings. The van der Waals surface area contributed by atoms with Crippen LogP contribution in [0.2, 0.25) is 0 Å². The fraction of sp³-hybridized carbons (Fsp3) is 0.625. The highest BCUT2D eigenvalue weighted by Gasteiger charge is 2.34. The summed E-state index contributed by atoms with van der Waals surface area (Å²) < 4.78 is 23.5. The Kier molecular flexibility index (Phi) is 4.22. The van der Waals surface area contributed by atoms with E-state index >= 15 is 0 Å². The third kappa shape index (κ3) is 4.20. The summed E-state index contributed by atoms with van der Waals surface area (Å²) in [7, 11) is -2.83. The van der Waals surface area contributed by atoms with Crippen LogP contribution in [0.15, 0.2) is 24.3 Å². The van der Waals surface area contributed by atoms with E-state index in [2.05, 4.69) is 5.32 Å². The van der Waals surface area contributed by atoms with Gasteiger partial charge >= 0.3 is 0 Å². The number of nitrogens with one attached hydrogen (secondary N) is 1. The van der Waals surface area contributed by atoms with Crippen molar-refractivity contribution >= 4 is 9.84 Å². The molecule has 3 rings (SSSR count). The molecule has 0 aromatic heterocycles. The molecule has 1 aliphatic heterocycles. The van der Waals surface area contributed by atoms with E-state index in [0.29, 0.717) is 23.5 Å².